The van der Waals surface area contributed by atoms with Crippen molar-refractivity contribution in [3.63, 3.8) is 0 Å². The Kier molecular flexibility index (Phi) is 5.02. The molecule has 1 aromatic heterocycles. The first-order valence-corrected chi connectivity index (χ1v) is 8.88. The zero-order valence-corrected chi connectivity index (χ0v) is 15.5. The average molecular weight is 428 g/mol. The van der Waals surface area contributed by atoms with E-state index in [0.717, 1.165) is 18.2 Å². The predicted molar refractivity (Wildman–Crippen MR) is 103 cm³/mol. The molecule has 0 aliphatic carbocycles. The molecule has 0 bridgehead atoms. The Bertz CT molecular complexity index is 1260. The van der Waals surface area contributed by atoms with Crippen LogP contribution in [-0.4, -0.2) is 21.2 Å². The molecule has 31 heavy (non-hydrogen) atoms. The van der Waals surface area contributed by atoms with Gasteiger partial charge in [0, 0.05) is 11.1 Å². The number of benzene rings is 3. The third kappa shape index (κ3) is 4.02. The smallest absolute Gasteiger partial charge is 0.417 e. The van der Waals surface area contributed by atoms with Crippen LogP contribution in [0.2, 0.25) is 0 Å². The maximum Gasteiger partial charge on any atom is 0.417 e. The van der Waals surface area contributed by atoms with Crippen LogP contribution in [0, 0.1) is 5.82 Å². The number of rotatable bonds is 4. The summed E-state index contributed by atoms with van der Waals surface area (Å²) in [4.78, 5) is 15.1. The average Bonchev–Trinajstić information content (AvgIpc) is 3.23. The van der Waals surface area contributed by atoms with Crippen molar-refractivity contribution in [1.82, 2.24) is 10.1 Å². The fraction of sp³-hybridized carbons (Fsp3) is 0.0455. The second-order valence-corrected chi connectivity index (χ2v) is 6.54. The van der Waals surface area contributed by atoms with Crippen molar-refractivity contribution in [2.45, 2.75) is 6.18 Å². The lowest BCUT2D eigenvalue weighted by atomic mass is 9.98. The van der Waals surface area contributed by atoms with Gasteiger partial charge >= 0.3 is 12.1 Å². The fourth-order valence-electron chi connectivity index (χ4n) is 3.06. The van der Waals surface area contributed by atoms with Crippen molar-refractivity contribution in [3.05, 3.63) is 83.7 Å². The third-order valence-corrected chi connectivity index (χ3v) is 4.56. The van der Waals surface area contributed by atoms with Gasteiger partial charge < -0.3 is 9.63 Å². The van der Waals surface area contributed by atoms with Crippen LogP contribution in [0.25, 0.3) is 34.0 Å². The van der Waals surface area contributed by atoms with Gasteiger partial charge in [0.25, 0.3) is 5.89 Å². The summed E-state index contributed by atoms with van der Waals surface area (Å²) < 4.78 is 58.8. The van der Waals surface area contributed by atoms with Crippen LogP contribution in [-0.2, 0) is 6.18 Å². The number of hydrogen-bond acceptors (Lipinski definition) is 4. The van der Waals surface area contributed by atoms with Crippen molar-refractivity contribution in [1.29, 1.82) is 0 Å². The van der Waals surface area contributed by atoms with Crippen LogP contribution in [0.3, 0.4) is 0 Å². The first-order chi connectivity index (χ1) is 14.7. The van der Waals surface area contributed by atoms with E-state index in [9.17, 15) is 22.4 Å². The molecule has 4 aromatic rings. The zero-order chi connectivity index (χ0) is 22.2. The molecule has 4 rings (SSSR count). The normalized spacial score (nSPS) is 11.5. The minimum Gasteiger partial charge on any atom is -0.478 e. The summed E-state index contributed by atoms with van der Waals surface area (Å²) in [5.41, 5.74) is -0.149. The molecule has 156 valence electrons. The van der Waals surface area contributed by atoms with Gasteiger partial charge in [-0.3, -0.25) is 0 Å². The summed E-state index contributed by atoms with van der Waals surface area (Å²) in [6, 6.07) is 14.8. The molecular weight excluding hydrogens is 416 g/mol. The first kappa shape index (κ1) is 20.3. The van der Waals surface area contributed by atoms with Gasteiger partial charge in [-0.1, -0.05) is 35.5 Å². The summed E-state index contributed by atoms with van der Waals surface area (Å²) in [5.74, 6) is -2.22. The molecule has 0 amide bonds. The molecule has 0 unspecified atom stereocenters. The van der Waals surface area contributed by atoms with E-state index in [1.54, 1.807) is 0 Å². The van der Waals surface area contributed by atoms with Gasteiger partial charge in [0.05, 0.1) is 11.1 Å². The van der Waals surface area contributed by atoms with Crippen LogP contribution in [0.15, 0.2) is 71.3 Å². The van der Waals surface area contributed by atoms with E-state index in [0.29, 0.717) is 11.1 Å². The molecular formula is C22H12F4N2O3. The highest BCUT2D eigenvalue weighted by Gasteiger charge is 2.33. The number of aromatic carboxylic acids is 1. The molecule has 9 heteroatoms. The van der Waals surface area contributed by atoms with Gasteiger partial charge in [0.15, 0.2) is 0 Å². The number of carbonyl (C=O) groups is 1. The Balaban J connectivity index is 1.63. The number of alkyl halides is 3. The molecule has 0 saturated carbocycles. The van der Waals surface area contributed by atoms with E-state index in [2.05, 4.69) is 10.1 Å². The predicted octanol–water partition coefficient (Wildman–Crippen LogP) is 5.93. The largest absolute Gasteiger partial charge is 0.478 e. The number of hydrogen-bond donors (Lipinski definition) is 1. The summed E-state index contributed by atoms with van der Waals surface area (Å²) in [5, 5.41) is 12.7. The summed E-state index contributed by atoms with van der Waals surface area (Å²) >= 11 is 0. The minimum absolute atomic E-state index is 0.0392. The summed E-state index contributed by atoms with van der Waals surface area (Å²) in [6.07, 6.45) is -4.48. The molecule has 0 radical (unpaired) electrons. The lowest BCUT2D eigenvalue weighted by molar-refractivity contribution is -0.137. The van der Waals surface area contributed by atoms with Crippen molar-refractivity contribution in [3.8, 4) is 34.0 Å². The van der Waals surface area contributed by atoms with E-state index >= 15 is 0 Å². The van der Waals surface area contributed by atoms with Crippen LogP contribution >= 0.6 is 0 Å². The van der Waals surface area contributed by atoms with E-state index < -0.39 is 29.1 Å². The Labute approximate surface area is 172 Å². The lowest BCUT2D eigenvalue weighted by Crippen LogP contribution is -2.06. The van der Waals surface area contributed by atoms with Gasteiger partial charge in [0.2, 0.25) is 5.82 Å². The van der Waals surface area contributed by atoms with Gasteiger partial charge in [-0.05, 0) is 47.5 Å². The maximum atomic E-state index is 13.9. The van der Waals surface area contributed by atoms with Crippen molar-refractivity contribution in [2.24, 2.45) is 0 Å². The number of aromatic nitrogens is 2. The minimum atomic E-state index is -4.48. The van der Waals surface area contributed by atoms with E-state index in [-0.39, 0.29) is 22.8 Å². The molecule has 3 aromatic carbocycles. The molecule has 0 aliphatic rings. The van der Waals surface area contributed by atoms with Crippen LogP contribution < -0.4 is 0 Å². The molecule has 0 atom stereocenters. The summed E-state index contributed by atoms with van der Waals surface area (Å²) in [6.45, 7) is 0. The molecule has 0 saturated heterocycles. The van der Waals surface area contributed by atoms with E-state index in [1.807, 2.05) is 0 Å². The highest BCUT2D eigenvalue weighted by molar-refractivity contribution is 5.88. The molecule has 1 N–H and O–H groups in total. The van der Waals surface area contributed by atoms with E-state index in [1.165, 1.54) is 48.5 Å². The second-order valence-electron chi connectivity index (χ2n) is 6.54. The maximum absolute atomic E-state index is 13.9. The highest BCUT2D eigenvalue weighted by atomic mass is 19.4. The molecule has 0 spiro atoms. The molecule has 0 fully saturated rings. The quantitative estimate of drug-likeness (QED) is 0.408. The SMILES string of the molecule is O=C(O)c1ccc(-c2noc(-c3ccc(-c4ccccc4C(F)(F)F)cc3)n2)cc1F. The van der Waals surface area contributed by atoms with E-state index in [4.69, 9.17) is 9.63 Å². The van der Waals surface area contributed by atoms with Gasteiger partial charge in [-0.2, -0.15) is 18.2 Å². The van der Waals surface area contributed by atoms with Crippen molar-refractivity contribution < 1.29 is 32.0 Å². The molecule has 5 nitrogen and oxygen atoms in total. The Morgan fingerprint density at radius 3 is 2.19 bits per heavy atom. The number of carboxylic acids is 1. The monoisotopic (exact) mass is 428 g/mol. The summed E-state index contributed by atoms with van der Waals surface area (Å²) in [7, 11) is 0. The second kappa shape index (κ2) is 7.67. The van der Waals surface area contributed by atoms with Gasteiger partial charge in [0.1, 0.15) is 5.82 Å². The lowest BCUT2D eigenvalue weighted by Gasteiger charge is -2.12. The molecule has 1 heterocycles. The van der Waals surface area contributed by atoms with Crippen molar-refractivity contribution >= 4 is 5.97 Å². The number of halogens is 4. The van der Waals surface area contributed by atoms with Crippen LogP contribution in [0.4, 0.5) is 17.6 Å². The van der Waals surface area contributed by atoms with Gasteiger partial charge in [-0.15, -0.1) is 0 Å². The van der Waals surface area contributed by atoms with Crippen LogP contribution in [0.1, 0.15) is 15.9 Å². The first-order valence-electron chi connectivity index (χ1n) is 8.88. The Hall–Kier alpha value is -4.01. The topological polar surface area (TPSA) is 76.2 Å². The van der Waals surface area contributed by atoms with Gasteiger partial charge in [-0.25, -0.2) is 9.18 Å². The van der Waals surface area contributed by atoms with Crippen molar-refractivity contribution in [2.75, 3.05) is 0 Å². The van der Waals surface area contributed by atoms with Crippen LogP contribution in [0.5, 0.6) is 0 Å². The standard InChI is InChI=1S/C22H12F4N2O3/c23-18-11-14(9-10-16(18)21(29)30)19-27-20(31-28-19)13-7-5-12(6-8-13)15-3-1-2-4-17(15)22(24,25)26/h1-11H,(H,29,30). The Morgan fingerprint density at radius 2 is 1.55 bits per heavy atom. The number of carboxylic acid groups (broad SMARTS) is 1. The Morgan fingerprint density at radius 1 is 0.903 bits per heavy atom. The molecule has 0 aliphatic heterocycles. The third-order valence-electron chi connectivity index (χ3n) is 4.56. The zero-order valence-electron chi connectivity index (χ0n) is 15.5. The highest BCUT2D eigenvalue weighted by Crippen LogP contribution is 2.37. The fourth-order valence-corrected chi connectivity index (χ4v) is 3.06. The number of nitrogens with zero attached hydrogens (tertiary/aromatic N) is 2.